The molecular weight excluding hydrogens is 350 g/mol. The zero-order valence-electron chi connectivity index (χ0n) is 15.4. The summed E-state index contributed by atoms with van der Waals surface area (Å²) in [5, 5.41) is 0. The lowest BCUT2D eigenvalue weighted by Gasteiger charge is -2.30. The van der Waals surface area contributed by atoms with Crippen LogP contribution >= 0.6 is 0 Å². The second-order valence-electron chi connectivity index (χ2n) is 6.66. The Balaban J connectivity index is 1.60. The first-order valence-electron chi connectivity index (χ1n) is 9.25. The van der Waals surface area contributed by atoms with Gasteiger partial charge in [0.1, 0.15) is 0 Å². The van der Waals surface area contributed by atoms with Crippen LogP contribution < -0.4 is 15.4 Å². The van der Waals surface area contributed by atoms with Crippen molar-refractivity contribution < 1.29 is 9.53 Å². The molecule has 140 valence electrons. The van der Waals surface area contributed by atoms with Crippen LogP contribution in [0.3, 0.4) is 0 Å². The number of nitrogen functional groups attached to an aromatic ring is 1. The molecule has 5 nitrogen and oxygen atoms in total. The highest BCUT2D eigenvalue weighted by Gasteiger charge is 2.30. The van der Waals surface area contributed by atoms with Gasteiger partial charge in [0.2, 0.25) is 0 Å². The number of rotatable bonds is 5. The number of ether oxygens (including phenoxy) is 1. The maximum Gasteiger partial charge on any atom is 0.294 e. The van der Waals surface area contributed by atoms with Gasteiger partial charge in [-0.05, 0) is 54.3 Å². The minimum atomic E-state index is -0.151. The van der Waals surface area contributed by atoms with E-state index in [2.05, 4.69) is 17.1 Å². The van der Waals surface area contributed by atoms with Gasteiger partial charge in [-0.15, -0.1) is 0 Å². The van der Waals surface area contributed by atoms with Crippen molar-refractivity contribution in [3.05, 3.63) is 89.9 Å². The summed E-state index contributed by atoms with van der Waals surface area (Å²) < 4.78 is 5.89. The van der Waals surface area contributed by atoms with Gasteiger partial charge in [0.25, 0.3) is 5.91 Å². The average molecular weight is 371 g/mol. The predicted molar refractivity (Wildman–Crippen MR) is 111 cm³/mol. The number of carbonyl (C=O) groups excluding carboxylic acids is 1. The molecular formula is C23H21N3O2. The molecule has 2 N–H and O–H groups in total. The number of nitrogens with zero attached hydrogens (tertiary/aromatic N) is 2. The summed E-state index contributed by atoms with van der Waals surface area (Å²) in [6.45, 7) is 0.599. The molecule has 0 saturated carbocycles. The Hall–Kier alpha value is -3.60. The SMILES string of the molecule is Nc1ccc2c(c1)O/C(=C/c1ccncc1)C(=O)N2CCCc1ccccc1. The maximum atomic E-state index is 13.1. The number of benzene rings is 2. The molecule has 28 heavy (non-hydrogen) atoms. The van der Waals surface area contributed by atoms with Crippen LogP contribution in [0.15, 0.2) is 78.8 Å². The minimum absolute atomic E-state index is 0.151. The third-order valence-corrected chi connectivity index (χ3v) is 4.64. The molecule has 1 aliphatic heterocycles. The molecule has 0 fully saturated rings. The number of hydrogen-bond acceptors (Lipinski definition) is 4. The smallest absolute Gasteiger partial charge is 0.294 e. The molecule has 5 heteroatoms. The topological polar surface area (TPSA) is 68.5 Å². The van der Waals surface area contributed by atoms with Gasteiger partial charge in [-0.1, -0.05) is 30.3 Å². The molecule has 3 aromatic rings. The lowest BCUT2D eigenvalue weighted by atomic mass is 10.1. The van der Waals surface area contributed by atoms with Crippen LogP contribution in [0.5, 0.6) is 5.75 Å². The largest absolute Gasteiger partial charge is 0.449 e. The lowest BCUT2D eigenvalue weighted by Crippen LogP contribution is -2.38. The molecule has 0 radical (unpaired) electrons. The number of hydrogen-bond donors (Lipinski definition) is 1. The van der Waals surface area contributed by atoms with Gasteiger partial charge in [-0.2, -0.15) is 0 Å². The van der Waals surface area contributed by atoms with Gasteiger partial charge < -0.3 is 15.4 Å². The third-order valence-electron chi connectivity index (χ3n) is 4.64. The first kappa shape index (κ1) is 17.8. The Morgan fingerprint density at radius 2 is 1.82 bits per heavy atom. The van der Waals surface area contributed by atoms with Crippen LogP contribution in [0.4, 0.5) is 11.4 Å². The molecule has 0 bridgehead atoms. The van der Waals surface area contributed by atoms with E-state index in [9.17, 15) is 4.79 Å². The molecule has 0 spiro atoms. The van der Waals surface area contributed by atoms with Crippen molar-refractivity contribution in [2.75, 3.05) is 17.2 Å². The zero-order chi connectivity index (χ0) is 19.3. The van der Waals surface area contributed by atoms with Crippen LogP contribution in [0.2, 0.25) is 0 Å². The zero-order valence-corrected chi connectivity index (χ0v) is 15.4. The number of anilines is 2. The molecule has 0 saturated heterocycles. The summed E-state index contributed by atoms with van der Waals surface area (Å²) in [4.78, 5) is 18.9. The molecule has 1 amide bonds. The fourth-order valence-corrected chi connectivity index (χ4v) is 3.25. The second kappa shape index (κ2) is 7.96. The normalized spacial score (nSPS) is 14.6. The van der Waals surface area contributed by atoms with Crippen LogP contribution in [0, 0.1) is 0 Å². The van der Waals surface area contributed by atoms with Gasteiger partial charge in [0.05, 0.1) is 5.69 Å². The fourth-order valence-electron chi connectivity index (χ4n) is 3.25. The molecule has 0 aliphatic carbocycles. The minimum Gasteiger partial charge on any atom is -0.449 e. The van der Waals surface area contributed by atoms with Gasteiger partial charge in [0.15, 0.2) is 11.5 Å². The molecule has 2 aromatic carbocycles. The maximum absolute atomic E-state index is 13.1. The number of aryl methyl sites for hydroxylation is 1. The summed E-state index contributed by atoms with van der Waals surface area (Å²) >= 11 is 0. The van der Waals surface area contributed by atoms with E-state index in [1.165, 1.54) is 5.56 Å². The highest BCUT2D eigenvalue weighted by atomic mass is 16.5. The van der Waals surface area contributed by atoms with Crippen molar-refractivity contribution in [3.8, 4) is 5.75 Å². The van der Waals surface area contributed by atoms with Crippen LogP contribution in [0.1, 0.15) is 17.5 Å². The Labute approximate surface area is 164 Å². The molecule has 0 unspecified atom stereocenters. The Bertz CT molecular complexity index is 1000. The van der Waals surface area contributed by atoms with Crippen molar-refractivity contribution >= 4 is 23.4 Å². The van der Waals surface area contributed by atoms with E-state index in [-0.39, 0.29) is 11.7 Å². The van der Waals surface area contributed by atoms with Crippen molar-refractivity contribution in [1.82, 2.24) is 4.98 Å². The van der Waals surface area contributed by atoms with E-state index in [0.29, 0.717) is 18.0 Å². The molecule has 1 aliphatic rings. The van der Waals surface area contributed by atoms with Gasteiger partial charge in [-0.3, -0.25) is 9.78 Å². The highest BCUT2D eigenvalue weighted by molar-refractivity contribution is 6.10. The van der Waals surface area contributed by atoms with E-state index in [1.54, 1.807) is 35.5 Å². The standard InChI is InChI=1S/C23H21N3O2/c24-19-8-9-20-21(16-19)28-22(15-18-10-12-25-13-11-18)23(27)26(20)14-4-7-17-5-2-1-3-6-17/h1-3,5-6,8-13,15-16H,4,7,14,24H2/b22-15+. The monoisotopic (exact) mass is 371 g/mol. The summed E-state index contributed by atoms with van der Waals surface area (Å²) in [6.07, 6.45) is 6.86. The van der Waals surface area contributed by atoms with Gasteiger partial charge >= 0.3 is 0 Å². The predicted octanol–water partition coefficient (Wildman–Crippen LogP) is 4.06. The van der Waals surface area contributed by atoms with Gasteiger partial charge in [0, 0.05) is 30.7 Å². The first-order chi connectivity index (χ1) is 13.7. The van der Waals surface area contributed by atoms with Crippen LogP contribution in [-0.2, 0) is 11.2 Å². The summed E-state index contributed by atoms with van der Waals surface area (Å²) in [5.74, 6) is 0.728. The molecule has 1 aromatic heterocycles. The Kier molecular flexibility index (Phi) is 5.06. The number of fused-ring (bicyclic) bond motifs is 1. The summed E-state index contributed by atoms with van der Waals surface area (Å²) in [7, 11) is 0. The van der Waals surface area contributed by atoms with E-state index in [0.717, 1.165) is 24.1 Å². The number of carbonyl (C=O) groups is 1. The second-order valence-corrected chi connectivity index (χ2v) is 6.66. The van der Waals surface area contributed by atoms with Crippen LogP contribution in [-0.4, -0.2) is 17.4 Å². The molecule has 0 atom stereocenters. The van der Waals surface area contributed by atoms with E-state index in [4.69, 9.17) is 10.5 Å². The number of aromatic nitrogens is 1. The summed E-state index contributed by atoms with van der Waals surface area (Å²) in [5.41, 5.74) is 9.39. The van der Waals surface area contributed by atoms with Gasteiger partial charge in [-0.25, -0.2) is 0 Å². The average Bonchev–Trinajstić information content (AvgIpc) is 2.72. The van der Waals surface area contributed by atoms with Crippen molar-refractivity contribution in [3.63, 3.8) is 0 Å². The lowest BCUT2D eigenvalue weighted by molar-refractivity contribution is -0.117. The molecule has 2 heterocycles. The fraction of sp³-hybridized carbons (Fsp3) is 0.130. The Morgan fingerprint density at radius 1 is 1.04 bits per heavy atom. The van der Waals surface area contributed by atoms with Crippen molar-refractivity contribution in [2.45, 2.75) is 12.8 Å². The quantitative estimate of drug-likeness (QED) is 0.542. The number of pyridine rings is 1. The van der Waals surface area contributed by atoms with Crippen molar-refractivity contribution in [1.29, 1.82) is 0 Å². The number of nitrogens with two attached hydrogens (primary N) is 1. The van der Waals surface area contributed by atoms with E-state index in [1.807, 2.05) is 36.4 Å². The molecule has 4 rings (SSSR count). The van der Waals surface area contributed by atoms with E-state index >= 15 is 0 Å². The van der Waals surface area contributed by atoms with Crippen molar-refractivity contribution in [2.24, 2.45) is 0 Å². The van der Waals surface area contributed by atoms with Crippen LogP contribution in [0.25, 0.3) is 6.08 Å². The third kappa shape index (κ3) is 3.88. The number of amides is 1. The first-order valence-corrected chi connectivity index (χ1v) is 9.25. The highest BCUT2D eigenvalue weighted by Crippen LogP contribution is 2.37. The van der Waals surface area contributed by atoms with E-state index < -0.39 is 0 Å². The summed E-state index contributed by atoms with van der Waals surface area (Å²) in [6, 6.07) is 19.3. The Morgan fingerprint density at radius 3 is 2.61 bits per heavy atom.